The number of amides is 1. The lowest BCUT2D eigenvalue weighted by molar-refractivity contribution is -0.121. The van der Waals surface area contributed by atoms with E-state index in [1.165, 1.54) is 0 Å². The Labute approximate surface area is 76.7 Å². The third-order valence-corrected chi connectivity index (χ3v) is 2.06. The SMILES string of the molecule is Cn1cncc1CC(CN)C(N)=O. The van der Waals surface area contributed by atoms with Crippen molar-refractivity contribution in [3.8, 4) is 0 Å². The van der Waals surface area contributed by atoms with Crippen LogP contribution in [0.15, 0.2) is 12.5 Å². The first-order valence-corrected chi connectivity index (χ1v) is 4.09. The van der Waals surface area contributed by atoms with Gasteiger partial charge in [0, 0.05) is 31.9 Å². The quantitative estimate of drug-likeness (QED) is 0.627. The Balaban J connectivity index is 2.67. The number of nitrogens with two attached hydrogens (primary N) is 2. The van der Waals surface area contributed by atoms with Crippen molar-refractivity contribution in [1.82, 2.24) is 9.55 Å². The van der Waals surface area contributed by atoms with Crippen molar-refractivity contribution in [3.05, 3.63) is 18.2 Å². The second-order valence-electron chi connectivity index (χ2n) is 3.04. The molecule has 0 aliphatic rings. The van der Waals surface area contributed by atoms with Crippen molar-refractivity contribution in [2.45, 2.75) is 6.42 Å². The molecular formula is C8H14N4O. The summed E-state index contributed by atoms with van der Waals surface area (Å²) < 4.78 is 1.85. The average molecular weight is 182 g/mol. The zero-order valence-electron chi connectivity index (χ0n) is 7.60. The van der Waals surface area contributed by atoms with Crippen LogP contribution in [0.25, 0.3) is 0 Å². The molecule has 13 heavy (non-hydrogen) atoms. The lowest BCUT2D eigenvalue weighted by atomic mass is 10.0. The number of nitrogens with zero attached hydrogens (tertiary/aromatic N) is 2. The minimum atomic E-state index is -0.358. The molecule has 0 saturated carbocycles. The van der Waals surface area contributed by atoms with Crippen LogP contribution in [0.1, 0.15) is 5.69 Å². The topological polar surface area (TPSA) is 86.9 Å². The normalized spacial score (nSPS) is 12.8. The lowest BCUT2D eigenvalue weighted by Gasteiger charge is -2.10. The van der Waals surface area contributed by atoms with E-state index in [0.29, 0.717) is 6.42 Å². The third kappa shape index (κ3) is 2.29. The van der Waals surface area contributed by atoms with Crippen molar-refractivity contribution in [1.29, 1.82) is 0 Å². The molecule has 1 aromatic rings. The molecule has 0 spiro atoms. The summed E-state index contributed by atoms with van der Waals surface area (Å²) in [6.45, 7) is 0.278. The number of aromatic nitrogens is 2. The van der Waals surface area contributed by atoms with Gasteiger partial charge in [0.2, 0.25) is 5.91 Å². The molecule has 1 amide bonds. The molecule has 0 aliphatic carbocycles. The zero-order valence-corrected chi connectivity index (χ0v) is 7.60. The van der Waals surface area contributed by atoms with Gasteiger partial charge < -0.3 is 16.0 Å². The van der Waals surface area contributed by atoms with Crippen LogP contribution >= 0.6 is 0 Å². The van der Waals surface area contributed by atoms with E-state index in [4.69, 9.17) is 11.5 Å². The van der Waals surface area contributed by atoms with Crippen LogP contribution in [0.2, 0.25) is 0 Å². The molecule has 0 radical (unpaired) electrons. The molecular weight excluding hydrogens is 168 g/mol. The Hall–Kier alpha value is -1.36. The maximum absolute atomic E-state index is 10.9. The summed E-state index contributed by atoms with van der Waals surface area (Å²) in [5.41, 5.74) is 11.5. The highest BCUT2D eigenvalue weighted by atomic mass is 16.1. The molecule has 0 bridgehead atoms. The van der Waals surface area contributed by atoms with Gasteiger partial charge in [0.05, 0.1) is 12.2 Å². The van der Waals surface area contributed by atoms with Crippen molar-refractivity contribution < 1.29 is 4.79 Å². The predicted octanol–water partition coefficient (Wildman–Crippen LogP) is -0.977. The first kappa shape index (κ1) is 9.73. The van der Waals surface area contributed by atoms with E-state index in [0.717, 1.165) is 5.69 Å². The van der Waals surface area contributed by atoms with E-state index < -0.39 is 0 Å². The second-order valence-corrected chi connectivity index (χ2v) is 3.04. The average Bonchev–Trinajstić information content (AvgIpc) is 2.46. The highest BCUT2D eigenvalue weighted by Crippen LogP contribution is 2.05. The molecule has 1 unspecified atom stereocenters. The first-order valence-electron chi connectivity index (χ1n) is 4.09. The summed E-state index contributed by atoms with van der Waals surface area (Å²) in [4.78, 5) is 14.8. The number of aryl methyl sites for hydroxylation is 1. The van der Waals surface area contributed by atoms with Gasteiger partial charge in [-0.05, 0) is 0 Å². The van der Waals surface area contributed by atoms with Gasteiger partial charge in [-0.3, -0.25) is 4.79 Å². The molecule has 5 nitrogen and oxygen atoms in total. The summed E-state index contributed by atoms with van der Waals surface area (Å²) in [7, 11) is 1.87. The van der Waals surface area contributed by atoms with Crippen molar-refractivity contribution >= 4 is 5.91 Å². The van der Waals surface area contributed by atoms with E-state index in [1.54, 1.807) is 12.5 Å². The summed E-state index contributed by atoms with van der Waals surface area (Å²) in [6, 6.07) is 0. The minimum Gasteiger partial charge on any atom is -0.369 e. The molecule has 0 aliphatic heterocycles. The predicted molar refractivity (Wildman–Crippen MR) is 48.7 cm³/mol. The highest BCUT2D eigenvalue weighted by molar-refractivity contribution is 5.77. The van der Waals surface area contributed by atoms with Gasteiger partial charge in [-0.15, -0.1) is 0 Å². The van der Waals surface area contributed by atoms with E-state index in [2.05, 4.69) is 4.98 Å². The van der Waals surface area contributed by atoms with Gasteiger partial charge in [0.15, 0.2) is 0 Å². The third-order valence-electron chi connectivity index (χ3n) is 2.06. The second kappa shape index (κ2) is 4.04. The molecule has 1 atom stereocenters. The van der Waals surface area contributed by atoms with Crippen LogP contribution in [0.5, 0.6) is 0 Å². The summed E-state index contributed by atoms with van der Waals surface area (Å²) in [5, 5.41) is 0. The van der Waals surface area contributed by atoms with Gasteiger partial charge in [-0.1, -0.05) is 0 Å². The molecule has 5 heteroatoms. The monoisotopic (exact) mass is 182 g/mol. The smallest absolute Gasteiger partial charge is 0.222 e. The van der Waals surface area contributed by atoms with Crippen LogP contribution in [0, 0.1) is 5.92 Å². The Morgan fingerprint density at radius 3 is 2.85 bits per heavy atom. The van der Waals surface area contributed by atoms with Gasteiger partial charge >= 0.3 is 0 Å². The largest absolute Gasteiger partial charge is 0.369 e. The van der Waals surface area contributed by atoms with Crippen LogP contribution in [0.4, 0.5) is 0 Å². The number of hydrogen-bond acceptors (Lipinski definition) is 3. The molecule has 1 rings (SSSR count). The van der Waals surface area contributed by atoms with Crippen LogP contribution < -0.4 is 11.5 Å². The lowest BCUT2D eigenvalue weighted by Crippen LogP contribution is -2.31. The fourth-order valence-electron chi connectivity index (χ4n) is 1.13. The van der Waals surface area contributed by atoms with Crippen molar-refractivity contribution in [2.75, 3.05) is 6.54 Å². The minimum absolute atomic E-state index is 0.278. The van der Waals surface area contributed by atoms with Gasteiger partial charge in [-0.25, -0.2) is 4.98 Å². The first-order chi connectivity index (χ1) is 6.15. The zero-order chi connectivity index (χ0) is 9.84. The van der Waals surface area contributed by atoms with Gasteiger partial charge in [0.1, 0.15) is 0 Å². The number of hydrogen-bond donors (Lipinski definition) is 2. The van der Waals surface area contributed by atoms with Gasteiger partial charge in [-0.2, -0.15) is 0 Å². The standard InChI is InChI=1S/C8H14N4O/c1-12-5-11-4-7(12)2-6(3-9)8(10)13/h4-6H,2-3,9H2,1H3,(H2,10,13). The number of primary amides is 1. The Kier molecular flexibility index (Phi) is 3.02. The Bertz CT molecular complexity index is 294. The Morgan fingerprint density at radius 2 is 2.46 bits per heavy atom. The van der Waals surface area contributed by atoms with Crippen LogP contribution in [0.3, 0.4) is 0 Å². The van der Waals surface area contributed by atoms with Gasteiger partial charge in [0.25, 0.3) is 0 Å². The molecule has 0 fully saturated rings. The number of imidazole rings is 1. The molecule has 0 aromatic carbocycles. The fraction of sp³-hybridized carbons (Fsp3) is 0.500. The van der Waals surface area contributed by atoms with Crippen LogP contribution in [-0.2, 0) is 18.3 Å². The summed E-state index contributed by atoms with van der Waals surface area (Å²) in [5.74, 6) is -0.654. The van der Waals surface area contributed by atoms with E-state index in [9.17, 15) is 4.79 Å². The fourth-order valence-corrected chi connectivity index (χ4v) is 1.13. The maximum atomic E-state index is 10.9. The van der Waals surface area contributed by atoms with Crippen LogP contribution in [-0.4, -0.2) is 22.0 Å². The molecule has 1 heterocycles. The number of carbonyl (C=O) groups is 1. The van der Waals surface area contributed by atoms with Crippen molar-refractivity contribution in [3.63, 3.8) is 0 Å². The van der Waals surface area contributed by atoms with E-state index in [-0.39, 0.29) is 18.4 Å². The molecule has 72 valence electrons. The molecule has 0 saturated heterocycles. The van der Waals surface area contributed by atoms with E-state index >= 15 is 0 Å². The molecule has 4 N–H and O–H groups in total. The maximum Gasteiger partial charge on any atom is 0.222 e. The number of rotatable bonds is 4. The highest BCUT2D eigenvalue weighted by Gasteiger charge is 2.15. The Morgan fingerprint density at radius 1 is 1.77 bits per heavy atom. The van der Waals surface area contributed by atoms with E-state index in [1.807, 2.05) is 11.6 Å². The summed E-state index contributed by atoms with van der Waals surface area (Å²) >= 11 is 0. The molecule has 1 aromatic heterocycles. The summed E-state index contributed by atoms with van der Waals surface area (Å²) in [6.07, 6.45) is 3.96. The van der Waals surface area contributed by atoms with Crippen molar-refractivity contribution in [2.24, 2.45) is 24.4 Å². The number of carbonyl (C=O) groups excluding carboxylic acids is 1.